The monoisotopic (exact) mass is 317 g/mol. The lowest BCUT2D eigenvalue weighted by molar-refractivity contribution is -0.147. The summed E-state index contributed by atoms with van der Waals surface area (Å²) in [5, 5.41) is 10.9. The SMILES string of the molecule is CN1C2CCCC1CC(O)(c1cccc(F)c1C(F)(F)F)C2. The molecule has 2 aliphatic rings. The average Bonchev–Trinajstić information content (AvgIpc) is 2.39. The zero-order chi connectivity index (χ0) is 16.1. The van der Waals surface area contributed by atoms with E-state index in [2.05, 4.69) is 4.90 Å². The fourth-order valence-electron chi connectivity index (χ4n) is 4.07. The molecule has 0 spiro atoms. The summed E-state index contributed by atoms with van der Waals surface area (Å²) >= 11 is 0. The van der Waals surface area contributed by atoms with Crippen molar-refractivity contribution in [1.82, 2.24) is 4.90 Å². The first-order valence-corrected chi connectivity index (χ1v) is 7.53. The van der Waals surface area contributed by atoms with E-state index < -0.39 is 23.2 Å². The van der Waals surface area contributed by atoms with Gasteiger partial charge in [0.2, 0.25) is 0 Å². The molecule has 2 saturated heterocycles. The van der Waals surface area contributed by atoms with Gasteiger partial charge in [0.1, 0.15) is 5.82 Å². The summed E-state index contributed by atoms with van der Waals surface area (Å²) in [6.07, 6.45) is -1.66. The molecule has 0 amide bonds. The second kappa shape index (κ2) is 5.20. The van der Waals surface area contributed by atoms with Crippen LogP contribution in [0.3, 0.4) is 0 Å². The molecular formula is C16H19F4NO. The molecule has 122 valence electrons. The van der Waals surface area contributed by atoms with Gasteiger partial charge in [0.25, 0.3) is 0 Å². The van der Waals surface area contributed by atoms with E-state index in [1.165, 1.54) is 12.1 Å². The van der Waals surface area contributed by atoms with Gasteiger partial charge < -0.3 is 10.0 Å². The van der Waals surface area contributed by atoms with Crippen LogP contribution in [0.2, 0.25) is 0 Å². The first kappa shape index (κ1) is 15.7. The van der Waals surface area contributed by atoms with Crippen molar-refractivity contribution in [2.45, 2.75) is 56.0 Å². The summed E-state index contributed by atoms with van der Waals surface area (Å²) in [6.45, 7) is 0. The van der Waals surface area contributed by atoms with E-state index in [-0.39, 0.29) is 30.5 Å². The van der Waals surface area contributed by atoms with Crippen molar-refractivity contribution in [3.05, 3.63) is 35.1 Å². The van der Waals surface area contributed by atoms with E-state index in [0.717, 1.165) is 25.3 Å². The zero-order valence-electron chi connectivity index (χ0n) is 12.3. The summed E-state index contributed by atoms with van der Waals surface area (Å²) in [7, 11) is 1.95. The second-order valence-electron chi connectivity index (χ2n) is 6.50. The fourth-order valence-corrected chi connectivity index (χ4v) is 4.07. The van der Waals surface area contributed by atoms with Crippen LogP contribution < -0.4 is 0 Å². The van der Waals surface area contributed by atoms with E-state index in [0.29, 0.717) is 0 Å². The molecule has 0 aromatic heterocycles. The smallest absolute Gasteiger partial charge is 0.385 e. The Hall–Kier alpha value is -1.14. The lowest BCUT2D eigenvalue weighted by atomic mass is 9.71. The van der Waals surface area contributed by atoms with Gasteiger partial charge in [-0.2, -0.15) is 13.2 Å². The highest BCUT2D eigenvalue weighted by Gasteiger charge is 2.49. The van der Waals surface area contributed by atoms with Crippen molar-refractivity contribution in [2.24, 2.45) is 0 Å². The molecule has 2 atom stereocenters. The molecule has 0 saturated carbocycles. The van der Waals surface area contributed by atoms with Gasteiger partial charge in [0, 0.05) is 12.1 Å². The fraction of sp³-hybridized carbons (Fsp3) is 0.625. The maximum absolute atomic E-state index is 13.8. The number of hydrogen-bond donors (Lipinski definition) is 1. The van der Waals surface area contributed by atoms with Crippen LogP contribution in [0, 0.1) is 5.82 Å². The molecule has 1 aromatic carbocycles. The molecule has 2 unspecified atom stereocenters. The van der Waals surface area contributed by atoms with Crippen molar-refractivity contribution < 1.29 is 22.7 Å². The molecule has 1 aromatic rings. The van der Waals surface area contributed by atoms with E-state index in [4.69, 9.17) is 0 Å². The molecule has 3 rings (SSSR count). The second-order valence-corrected chi connectivity index (χ2v) is 6.50. The van der Waals surface area contributed by atoms with Gasteiger partial charge in [-0.3, -0.25) is 0 Å². The van der Waals surface area contributed by atoms with Crippen LogP contribution in [0.4, 0.5) is 17.6 Å². The first-order chi connectivity index (χ1) is 10.2. The number of aliphatic hydroxyl groups is 1. The van der Waals surface area contributed by atoms with E-state index in [1.807, 2.05) is 7.05 Å². The normalized spacial score (nSPS) is 33.0. The molecule has 22 heavy (non-hydrogen) atoms. The van der Waals surface area contributed by atoms with Gasteiger partial charge in [-0.25, -0.2) is 4.39 Å². The molecule has 2 fully saturated rings. The van der Waals surface area contributed by atoms with Crippen LogP contribution in [0.1, 0.15) is 43.2 Å². The minimum atomic E-state index is -4.81. The van der Waals surface area contributed by atoms with E-state index in [9.17, 15) is 22.7 Å². The molecule has 0 radical (unpaired) electrons. The number of benzene rings is 1. The third-order valence-corrected chi connectivity index (χ3v) is 5.17. The van der Waals surface area contributed by atoms with Crippen molar-refractivity contribution in [1.29, 1.82) is 0 Å². The minimum Gasteiger partial charge on any atom is -0.385 e. The summed E-state index contributed by atoms with van der Waals surface area (Å²) in [5.74, 6) is -1.32. The Morgan fingerprint density at radius 3 is 2.32 bits per heavy atom. The van der Waals surface area contributed by atoms with Gasteiger partial charge in [-0.15, -0.1) is 0 Å². The summed E-state index contributed by atoms with van der Waals surface area (Å²) in [4.78, 5) is 2.14. The Bertz CT molecular complexity index is 558. The molecule has 0 aliphatic carbocycles. The van der Waals surface area contributed by atoms with Crippen LogP contribution in [0.5, 0.6) is 0 Å². The van der Waals surface area contributed by atoms with Crippen molar-refractivity contribution in [3.8, 4) is 0 Å². The topological polar surface area (TPSA) is 23.5 Å². The average molecular weight is 317 g/mol. The van der Waals surface area contributed by atoms with Crippen LogP contribution in [0.25, 0.3) is 0 Å². The van der Waals surface area contributed by atoms with E-state index in [1.54, 1.807) is 0 Å². The molecule has 1 N–H and O–H groups in total. The van der Waals surface area contributed by atoms with Gasteiger partial charge in [0.05, 0.1) is 11.2 Å². The maximum Gasteiger partial charge on any atom is 0.419 e. The van der Waals surface area contributed by atoms with Crippen molar-refractivity contribution >= 4 is 0 Å². The van der Waals surface area contributed by atoms with Gasteiger partial charge in [0.15, 0.2) is 0 Å². The largest absolute Gasteiger partial charge is 0.419 e. The standard InChI is InChI=1S/C16H19F4NO/c1-21-10-4-2-5-11(21)9-15(22,8-10)12-6-3-7-13(17)14(12)16(18,19)20/h3,6-7,10-11,22H,2,4-5,8-9H2,1H3. The quantitative estimate of drug-likeness (QED) is 0.799. The number of hydrogen-bond acceptors (Lipinski definition) is 2. The molecule has 2 heterocycles. The Morgan fingerprint density at radius 1 is 1.18 bits per heavy atom. The summed E-state index contributed by atoms with van der Waals surface area (Å²) < 4.78 is 53.5. The number of piperidine rings is 2. The Labute approximate surface area is 126 Å². The third-order valence-electron chi connectivity index (χ3n) is 5.17. The third kappa shape index (κ3) is 2.52. The van der Waals surface area contributed by atoms with Gasteiger partial charge >= 0.3 is 6.18 Å². The van der Waals surface area contributed by atoms with Gasteiger partial charge in [-0.1, -0.05) is 18.6 Å². The zero-order valence-corrected chi connectivity index (χ0v) is 12.3. The highest BCUT2D eigenvalue weighted by atomic mass is 19.4. The van der Waals surface area contributed by atoms with Gasteiger partial charge in [-0.05, 0) is 44.4 Å². The van der Waals surface area contributed by atoms with Crippen molar-refractivity contribution in [2.75, 3.05) is 7.05 Å². The van der Waals surface area contributed by atoms with Crippen LogP contribution >= 0.6 is 0 Å². The molecule has 6 heteroatoms. The summed E-state index contributed by atoms with van der Waals surface area (Å²) in [5.41, 5.74) is -3.25. The number of fused-ring (bicyclic) bond motifs is 2. The first-order valence-electron chi connectivity index (χ1n) is 7.53. The number of halogens is 4. The Balaban J connectivity index is 2.06. The predicted molar refractivity (Wildman–Crippen MR) is 73.7 cm³/mol. The highest BCUT2D eigenvalue weighted by Crippen LogP contribution is 2.47. The molecule has 2 nitrogen and oxygen atoms in total. The maximum atomic E-state index is 13.8. The Kier molecular flexibility index (Phi) is 3.72. The predicted octanol–water partition coefficient (Wildman–Crippen LogP) is 3.68. The number of alkyl halides is 3. The molecule has 2 aliphatic heterocycles. The van der Waals surface area contributed by atoms with Crippen LogP contribution in [-0.2, 0) is 11.8 Å². The summed E-state index contributed by atoms with van der Waals surface area (Å²) in [6, 6.07) is 3.34. The molecular weight excluding hydrogens is 298 g/mol. The lowest BCUT2D eigenvalue weighted by Crippen LogP contribution is -2.55. The number of nitrogens with zero attached hydrogens (tertiary/aromatic N) is 1. The lowest BCUT2D eigenvalue weighted by Gasteiger charge is -2.51. The number of rotatable bonds is 1. The molecule has 2 bridgehead atoms. The van der Waals surface area contributed by atoms with Crippen molar-refractivity contribution in [3.63, 3.8) is 0 Å². The Morgan fingerprint density at radius 2 is 1.77 bits per heavy atom. The van der Waals surface area contributed by atoms with Crippen LogP contribution in [-0.4, -0.2) is 29.1 Å². The van der Waals surface area contributed by atoms with E-state index >= 15 is 0 Å². The minimum absolute atomic E-state index is 0.0434. The van der Waals surface area contributed by atoms with Crippen LogP contribution in [0.15, 0.2) is 18.2 Å². The highest BCUT2D eigenvalue weighted by molar-refractivity contribution is 5.37.